The van der Waals surface area contributed by atoms with E-state index in [1.807, 2.05) is 25.1 Å². The molecule has 180 valence electrons. The van der Waals surface area contributed by atoms with E-state index >= 15 is 0 Å². The van der Waals surface area contributed by atoms with E-state index in [0.717, 1.165) is 29.7 Å². The minimum atomic E-state index is -3.43. The summed E-state index contributed by atoms with van der Waals surface area (Å²) in [5.74, 6) is 1.35. The third kappa shape index (κ3) is 6.48. The molecule has 3 rings (SSSR count). The zero-order valence-electron chi connectivity index (χ0n) is 19.8. The molecule has 1 fully saturated rings. The van der Waals surface area contributed by atoms with Crippen molar-refractivity contribution < 1.29 is 22.7 Å². The highest BCUT2D eigenvalue weighted by Crippen LogP contribution is 2.28. The lowest BCUT2D eigenvalue weighted by molar-refractivity contribution is -0.127. The van der Waals surface area contributed by atoms with Crippen LogP contribution in [0.1, 0.15) is 50.7 Å². The molecule has 1 aliphatic heterocycles. The van der Waals surface area contributed by atoms with Crippen LogP contribution in [0, 0.1) is 6.92 Å². The third-order valence-electron chi connectivity index (χ3n) is 5.66. The topological polar surface area (TPSA) is 84.9 Å². The first-order valence-electron chi connectivity index (χ1n) is 11.5. The van der Waals surface area contributed by atoms with Crippen molar-refractivity contribution in [3.8, 4) is 11.5 Å². The molecule has 1 amide bonds. The van der Waals surface area contributed by atoms with E-state index in [2.05, 4.69) is 19.2 Å². The summed E-state index contributed by atoms with van der Waals surface area (Å²) in [6.07, 6.45) is 1.17. The molecule has 0 aromatic heterocycles. The summed E-state index contributed by atoms with van der Waals surface area (Å²) < 4.78 is 38.3. The highest BCUT2D eigenvalue weighted by molar-refractivity contribution is 7.89. The Kier molecular flexibility index (Phi) is 8.37. The number of nitrogens with one attached hydrogen (secondary N) is 1. The summed E-state index contributed by atoms with van der Waals surface area (Å²) >= 11 is 0. The van der Waals surface area contributed by atoms with Gasteiger partial charge in [0.15, 0.2) is 6.10 Å². The maximum Gasteiger partial charge on any atom is 0.260 e. The molecule has 1 unspecified atom stereocenters. The second-order valence-corrected chi connectivity index (χ2v) is 10.6. The van der Waals surface area contributed by atoms with Gasteiger partial charge in [-0.05, 0) is 74.1 Å². The molecule has 0 saturated carbocycles. The van der Waals surface area contributed by atoms with Crippen molar-refractivity contribution >= 4 is 15.9 Å². The Morgan fingerprint density at radius 3 is 2.36 bits per heavy atom. The van der Waals surface area contributed by atoms with Gasteiger partial charge in [0.25, 0.3) is 5.91 Å². The van der Waals surface area contributed by atoms with Crippen molar-refractivity contribution in [2.24, 2.45) is 0 Å². The molecular weight excluding hydrogens is 440 g/mol. The average molecular weight is 475 g/mol. The summed E-state index contributed by atoms with van der Waals surface area (Å²) in [4.78, 5) is 12.7. The van der Waals surface area contributed by atoms with Crippen LogP contribution >= 0.6 is 0 Å². The van der Waals surface area contributed by atoms with Crippen molar-refractivity contribution in [2.75, 3.05) is 26.2 Å². The number of carbonyl (C=O) groups is 1. The molecule has 0 aliphatic carbocycles. The number of ether oxygens (including phenoxy) is 2. The van der Waals surface area contributed by atoms with Gasteiger partial charge in [0, 0.05) is 13.1 Å². The molecular formula is C25H34N2O5S. The van der Waals surface area contributed by atoms with Gasteiger partial charge in [0.2, 0.25) is 10.0 Å². The Labute approximate surface area is 197 Å². The summed E-state index contributed by atoms with van der Waals surface area (Å²) in [5, 5.41) is 2.82. The molecule has 1 atom stereocenters. The molecule has 7 nitrogen and oxygen atoms in total. The first kappa shape index (κ1) is 25.1. The normalized spacial score (nSPS) is 15.4. The van der Waals surface area contributed by atoms with Gasteiger partial charge in [-0.1, -0.05) is 26.0 Å². The van der Waals surface area contributed by atoms with Gasteiger partial charge >= 0.3 is 0 Å². The Morgan fingerprint density at radius 2 is 1.73 bits per heavy atom. The van der Waals surface area contributed by atoms with Gasteiger partial charge in [-0.15, -0.1) is 0 Å². The monoisotopic (exact) mass is 474 g/mol. The maximum atomic E-state index is 12.6. The number of hydrogen-bond donors (Lipinski definition) is 1. The van der Waals surface area contributed by atoms with Crippen molar-refractivity contribution in [1.29, 1.82) is 0 Å². The molecule has 1 N–H and O–H groups in total. The van der Waals surface area contributed by atoms with Gasteiger partial charge in [-0.3, -0.25) is 4.79 Å². The second-order valence-electron chi connectivity index (χ2n) is 8.68. The first-order valence-corrected chi connectivity index (χ1v) is 12.9. The Bertz CT molecular complexity index is 1040. The zero-order valence-corrected chi connectivity index (χ0v) is 20.7. The van der Waals surface area contributed by atoms with Gasteiger partial charge in [-0.25, -0.2) is 8.42 Å². The van der Waals surface area contributed by atoms with Crippen molar-refractivity contribution in [3.63, 3.8) is 0 Å². The van der Waals surface area contributed by atoms with E-state index in [9.17, 15) is 13.2 Å². The fraction of sp³-hybridized carbons (Fsp3) is 0.480. The molecule has 1 saturated heterocycles. The highest BCUT2D eigenvalue weighted by Gasteiger charge is 2.27. The van der Waals surface area contributed by atoms with Crippen molar-refractivity contribution in [2.45, 2.75) is 57.5 Å². The van der Waals surface area contributed by atoms with Crippen LogP contribution in [0.25, 0.3) is 0 Å². The number of carbonyl (C=O) groups excluding carboxylic acids is 1. The quantitative estimate of drug-likeness (QED) is 0.529. The molecule has 2 aromatic carbocycles. The average Bonchev–Trinajstić information content (AvgIpc) is 3.32. The smallest absolute Gasteiger partial charge is 0.260 e. The number of hydrogen-bond acceptors (Lipinski definition) is 5. The van der Waals surface area contributed by atoms with E-state index < -0.39 is 16.1 Å². The molecule has 33 heavy (non-hydrogen) atoms. The molecule has 0 bridgehead atoms. The Morgan fingerprint density at radius 1 is 1.06 bits per heavy atom. The van der Waals surface area contributed by atoms with E-state index in [0.29, 0.717) is 31.3 Å². The molecule has 2 aromatic rings. The Balaban J connectivity index is 1.46. The molecule has 1 aliphatic rings. The number of rotatable bonds is 10. The van der Waals surface area contributed by atoms with Crippen molar-refractivity contribution in [1.82, 2.24) is 9.62 Å². The fourth-order valence-corrected chi connectivity index (χ4v) is 5.25. The van der Waals surface area contributed by atoms with Crippen LogP contribution in [0.2, 0.25) is 0 Å². The lowest BCUT2D eigenvalue weighted by atomic mass is 10.0. The summed E-state index contributed by atoms with van der Waals surface area (Å²) in [5.41, 5.74) is 2.15. The van der Waals surface area contributed by atoms with Crippen LogP contribution < -0.4 is 14.8 Å². The predicted octanol–water partition coefficient (Wildman–Crippen LogP) is 3.87. The summed E-state index contributed by atoms with van der Waals surface area (Å²) in [6, 6.07) is 12.4. The number of sulfonamides is 1. The lowest BCUT2D eigenvalue weighted by Gasteiger charge is -2.19. The van der Waals surface area contributed by atoms with E-state index in [4.69, 9.17) is 9.47 Å². The number of benzene rings is 2. The molecule has 8 heteroatoms. The minimum Gasteiger partial charge on any atom is -0.492 e. The largest absolute Gasteiger partial charge is 0.492 e. The zero-order chi connectivity index (χ0) is 24.0. The first-order chi connectivity index (χ1) is 15.7. The maximum absolute atomic E-state index is 12.6. The molecule has 0 radical (unpaired) electrons. The van der Waals surface area contributed by atoms with Gasteiger partial charge in [-0.2, -0.15) is 4.31 Å². The van der Waals surface area contributed by atoms with Gasteiger partial charge in [0.1, 0.15) is 18.1 Å². The lowest BCUT2D eigenvalue weighted by Crippen LogP contribution is -2.38. The summed E-state index contributed by atoms with van der Waals surface area (Å²) in [6.45, 7) is 9.62. The molecule has 0 spiro atoms. The van der Waals surface area contributed by atoms with Crippen LogP contribution in [0.5, 0.6) is 11.5 Å². The van der Waals surface area contributed by atoms with Gasteiger partial charge < -0.3 is 14.8 Å². The van der Waals surface area contributed by atoms with Crippen LogP contribution in [-0.4, -0.2) is 51.0 Å². The van der Waals surface area contributed by atoms with Crippen LogP contribution in [0.4, 0.5) is 0 Å². The van der Waals surface area contributed by atoms with Crippen LogP contribution in [-0.2, 0) is 14.8 Å². The number of amides is 1. The number of nitrogens with zero attached hydrogens (tertiary/aromatic N) is 1. The third-order valence-corrected chi connectivity index (χ3v) is 7.57. The van der Waals surface area contributed by atoms with E-state index in [-0.39, 0.29) is 17.4 Å². The Hall–Kier alpha value is -2.58. The minimum absolute atomic E-state index is 0.220. The second kappa shape index (κ2) is 11.0. The number of aryl methyl sites for hydroxylation is 1. The summed E-state index contributed by atoms with van der Waals surface area (Å²) in [7, 11) is -3.43. The molecule has 1 heterocycles. The van der Waals surface area contributed by atoms with Crippen molar-refractivity contribution in [3.05, 3.63) is 53.6 Å². The SMILES string of the molecule is Cc1ccc(C(C)C)c(OC(C)C(=O)NCCOc2ccc(S(=O)(=O)N3CCCC3)cc2)c1. The predicted molar refractivity (Wildman–Crippen MR) is 128 cm³/mol. The van der Waals surface area contributed by atoms with E-state index in [1.165, 1.54) is 4.31 Å². The van der Waals surface area contributed by atoms with Crippen LogP contribution in [0.3, 0.4) is 0 Å². The van der Waals surface area contributed by atoms with Crippen LogP contribution in [0.15, 0.2) is 47.4 Å². The fourth-order valence-electron chi connectivity index (χ4n) is 3.74. The van der Waals surface area contributed by atoms with E-state index in [1.54, 1.807) is 31.2 Å². The van der Waals surface area contributed by atoms with Gasteiger partial charge in [0.05, 0.1) is 11.4 Å². The standard InChI is InChI=1S/C25H34N2O5S/c1-18(2)23-12-7-19(3)17-24(23)32-20(4)25(28)26-13-16-31-21-8-10-22(11-9-21)33(29,30)27-14-5-6-15-27/h7-12,17-18,20H,5-6,13-16H2,1-4H3,(H,26,28). The highest BCUT2D eigenvalue weighted by atomic mass is 32.2.